The third-order valence-electron chi connectivity index (χ3n) is 10.6. The predicted octanol–water partition coefficient (Wildman–Crippen LogP) is 11.7. The van der Waals surface area contributed by atoms with Gasteiger partial charge in [0, 0.05) is 22.3 Å². The van der Waals surface area contributed by atoms with Crippen molar-refractivity contribution < 1.29 is 9.47 Å². The molecule has 1 aliphatic heterocycles. The van der Waals surface area contributed by atoms with Crippen molar-refractivity contribution in [1.82, 2.24) is 9.97 Å². The zero-order chi connectivity index (χ0) is 33.5. The molecule has 1 aromatic heterocycles. The van der Waals surface area contributed by atoms with Crippen LogP contribution in [0.25, 0.3) is 56.2 Å². The molecule has 51 heavy (non-hydrogen) atoms. The van der Waals surface area contributed by atoms with E-state index in [4.69, 9.17) is 19.4 Å². The number of ether oxygens (including phenoxy) is 2. The summed E-state index contributed by atoms with van der Waals surface area (Å²) in [5.41, 5.74) is 13.7. The largest absolute Gasteiger partial charge is 0.450 e. The van der Waals surface area contributed by atoms with Crippen molar-refractivity contribution in [3.8, 4) is 79.2 Å². The van der Waals surface area contributed by atoms with Crippen LogP contribution in [0.4, 0.5) is 0 Å². The molecule has 0 saturated heterocycles. The third kappa shape index (κ3) is 3.96. The number of benzene rings is 7. The van der Waals surface area contributed by atoms with E-state index in [0.29, 0.717) is 11.6 Å². The summed E-state index contributed by atoms with van der Waals surface area (Å²) in [6, 6.07) is 59.3. The fourth-order valence-corrected chi connectivity index (χ4v) is 8.44. The first-order valence-corrected chi connectivity index (χ1v) is 17.2. The van der Waals surface area contributed by atoms with Gasteiger partial charge in [-0.1, -0.05) is 140 Å². The van der Waals surface area contributed by atoms with Crippen LogP contribution in [0.1, 0.15) is 22.3 Å². The lowest BCUT2D eigenvalue weighted by Crippen LogP contribution is -2.27. The Morgan fingerprint density at radius 2 is 0.922 bits per heavy atom. The third-order valence-corrected chi connectivity index (χ3v) is 10.6. The molecule has 0 N–H and O–H groups in total. The molecule has 7 aromatic carbocycles. The maximum absolute atomic E-state index is 6.87. The second-order valence-corrected chi connectivity index (χ2v) is 13.3. The van der Waals surface area contributed by atoms with E-state index < -0.39 is 5.41 Å². The van der Waals surface area contributed by atoms with Crippen LogP contribution in [0, 0.1) is 0 Å². The molecular formula is C47H28N2O2. The average Bonchev–Trinajstić information content (AvgIpc) is 3.67. The zero-order valence-electron chi connectivity index (χ0n) is 27.4. The minimum atomic E-state index is -0.646. The predicted molar refractivity (Wildman–Crippen MR) is 201 cm³/mol. The highest BCUT2D eigenvalue weighted by molar-refractivity contribution is 5.98. The molecule has 238 valence electrons. The van der Waals surface area contributed by atoms with E-state index in [1.807, 2.05) is 48.5 Å². The molecule has 0 fully saturated rings. The minimum Gasteiger partial charge on any atom is -0.450 e. The SMILES string of the molecule is c1ccc(-c2cc(-c3ccc4c(c3)C3(c5ccccc5-c5ccccc53)c3c-4ccc4c3Oc3ccccc3O4)nc(-c3ccccc3)n2)cc1. The standard InChI is InChI=1S/C47H28N2O2/c1-3-13-29(14-4-1)39-28-40(49-46(48-39)30-15-5-2-6-16-30)31-23-24-34-35-25-26-43-45(51-42-22-12-11-21-41(42)50-43)44(35)47(38(34)27-31)36-19-9-7-17-32(36)33-18-8-10-20-37(33)47/h1-28H. The van der Waals surface area contributed by atoms with E-state index in [1.54, 1.807) is 0 Å². The van der Waals surface area contributed by atoms with E-state index in [2.05, 4.69) is 121 Å². The smallest absolute Gasteiger partial charge is 0.175 e. The van der Waals surface area contributed by atoms with Gasteiger partial charge in [-0.3, -0.25) is 0 Å². The van der Waals surface area contributed by atoms with Crippen LogP contribution in [0.5, 0.6) is 23.0 Å². The van der Waals surface area contributed by atoms with Crippen LogP contribution < -0.4 is 9.47 Å². The molecule has 4 nitrogen and oxygen atoms in total. The molecule has 0 bridgehead atoms. The number of fused-ring (bicyclic) bond motifs is 13. The van der Waals surface area contributed by atoms with E-state index in [1.165, 1.54) is 33.4 Å². The van der Waals surface area contributed by atoms with Gasteiger partial charge in [-0.05, 0) is 69.3 Å². The van der Waals surface area contributed by atoms with Crippen molar-refractivity contribution >= 4 is 0 Å². The molecule has 2 aliphatic carbocycles. The van der Waals surface area contributed by atoms with E-state index in [0.717, 1.165) is 56.5 Å². The summed E-state index contributed by atoms with van der Waals surface area (Å²) < 4.78 is 13.4. The summed E-state index contributed by atoms with van der Waals surface area (Å²) >= 11 is 0. The summed E-state index contributed by atoms with van der Waals surface area (Å²) in [4.78, 5) is 10.3. The van der Waals surface area contributed by atoms with Gasteiger partial charge >= 0.3 is 0 Å². The van der Waals surface area contributed by atoms with Crippen LogP contribution in [0.2, 0.25) is 0 Å². The number of hydrogen-bond donors (Lipinski definition) is 0. The normalized spacial score (nSPS) is 13.6. The number of rotatable bonds is 3. The molecule has 2 heterocycles. The summed E-state index contributed by atoms with van der Waals surface area (Å²) in [6.45, 7) is 0. The Hall–Kier alpha value is -6.78. The van der Waals surface area contributed by atoms with Crippen molar-refractivity contribution in [3.63, 3.8) is 0 Å². The lowest BCUT2D eigenvalue weighted by atomic mass is 9.70. The number of aromatic nitrogens is 2. The fourth-order valence-electron chi connectivity index (χ4n) is 8.44. The molecule has 0 radical (unpaired) electrons. The monoisotopic (exact) mass is 652 g/mol. The Morgan fingerprint density at radius 1 is 0.373 bits per heavy atom. The van der Waals surface area contributed by atoms with Crippen molar-refractivity contribution in [2.24, 2.45) is 0 Å². The van der Waals surface area contributed by atoms with Gasteiger partial charge in [-0.2, -0.15) is 0 Å². The first-order chi connectivity index (χ1) is 25.3. The molecule has 0 amide bonds. The fraction of sp³-hybridized carbons (Fsp3) is 0.0213. The summed E-state index contributed by atoms with van der Waals surface area (Å²) in [5, 5.41) is 0. The Balaban J connectivity index is 1.20. The number of para-hydroxylation sites is 2. The van der Waals surface area contributed by atoms with Gasteiger partial charge in [0.15, 0.2) is 28.8 Å². The number of nitrogens with zero attached hydrogens (tertiary/aromatic N) is 2. The minimum absolute atomic E-state index is 0.646. The van der Waals surface area contributed by atoms with Gasteiger partial charge in [-0.25, -0.2) is 9.97 Å². The van der Waals surface area contributed by atoms with Crippen LogP contribution in [0.15, 0.2) is 170 Å². The maximum atomic E-state index is 6.87. The highest BCUT2D eigenvalue weighted by atomic mass is 16.6. The molecule has 0 atom stereocenters. The second kappa shape index (κ2) is 10.6. The van der Waals surface area contributed by atoms with Crippen molar-refractivity contribution in [2.75, 3.05) is 0 Å². The maximum Gasteiger partial charge on any atom is 0.175 e. The average molecular weight is 653 g/mol. The molecule has 4 heteroatoms. The van der Waals surface area contributed by atoms with Crippen LogP contribution in [0.3, 0.4) is 0 Å². The van der Waals surface area contributed by atoms with E-state index in [-0.39, 0.29) is 0 Å². The topological polar surface area (TPSA) is 44.2 Å². The quantitative estimate of drug-likeness (QED) is 0.191. The second-order valence-electron chi connectivity index (χ2n) is 13.3. The van der Waals surface area contributed by atoms with Gasteiger partial charge < -0.3 is 9.47 Å². The van der Waals surface area contributed by atoms with Crippen LogP contribution in [-0.2, 0) is 5.41 Å². The summed E-state index contributed by atoms with van der Waals surface area (Å²) in [6.07, 6.45) is 0. The van der Waals surface area contributed by atoms with Crippen LogP contribution >= 0.6 is 0 Å². The molecular weight excluding hydrogens is 625 g/mol. The molecule has 11 rings (SSSR count). The molecule has 8 aromatic rings. The first-order valence-electron chi connectivity index (χ1n) is 17.2. The van der Waals surface area contributed by atoms with Gasteiger partial charge in [0.25, 0.3) is 0 Å². The van der Waals surface area contributed by atoms with Crippen molar-refractivity contribution in [3.05, 3.63) is 192 Å². The molecule has 0 unspecified atom stereocenters. The molecule has 0 saturated carbocycles. The lowest BCUT2D eigenvalue weighted by molar-refractivity contribution is 0.354. The summed E-state index contributed by atoms with van der Waals surface area (Å²) in [7, 11) is 0. The van der Waals surface area contributed by atoms with Crippen LogP contribution in [-0.4, -0.2) is 9.97 Å². The molecule has 1 spiro atoms. The Bertz CT molecular complexity index is 2600. The van der Waals surface area contributed by atoms with E-state index in [9.17, 15) is 0 Å². The number of hydrogen-bond acceptors (Lipinski definition) is 4. The first kappa shape index (κ1) is 28.1. The van der Waals surface area contributed by atoms with Gasteiger partial charge in [-0.15, -0.1) is 0 Å². The van der Waals surface area contributed by atoms with Crippen molar-refractivity contribution in [1.29, 1.82) is 0 Å². The highest BCUT2D eigenvalue weighted by Gasteiger charge is 2.54. The Kier molecular flexibility index (Phi) is 5.84. The van der Waals surface area contributed by atoms with Gasteiger partial charge in [0.1, 0.15) is 0 Å². The van der Waals surface area contributed by atoms with E-state index >= 15 is 0 Å². The van der Waals surface area contributed by atoms with Gasteiger partial charge in [0.05, 0.1) is 16.8 Å². The lowest BCUT2D eigenvalue weighted by Gasteiger charge is -2.33. The molecule has 3 aliphatic rings. The van der Waals surface area contributed by atoms with Gasteiger partial charge in [0.2, 0.25) is 0 Å². The highest BCUT2D eigenvalue weighted by Crippen LogP contribution is 2.67. The Labute approximate surface area is 295 Å². The summed E-state index contributed by atoms with van der Waals surface area (Å²) in [5.74, 6) is 3.61. The Morgan fingerprint density at radius 3 is 1.63 bits per heavy atom. The van der Waals surface area contributed by atoms with Crippen molar-refractivity contribution in [2.45, 2.75) is 5.41 Å². The zero-order valence-corrected chi connectivity index (χ0v) is 27.4.